The van der Waals surface area contributed by atoms with Gasteiger partial charge in [-0.2, -0.15) is 15.0 Å². The highest BCUT2D eigenvalue weighted by molar-refractivity contribution is 6.31. The zero-order valence-corrected chi connectivity index (χ0v) is 11.7. The molecule has 2 aromatic rings. The van der Waals surface area contributed by atoms with Crippen LogP contribution >= 0.6 is 23.2 Å². The lowest BCUT2D eigenvalue weighted by Crippen LogP contribution is -2.09. The lowest BCUT2D eigenvalue weighted by atomic mass is 10.1. The van der Waals surface area contributed by atoms with Crippen LogP contribution in [0.2, 0.25) is 10.6 Å². The van der Waals surface area contributed by atoms with Crippen molar-refractivity contribution in [1.82, 2.24) is 15.0 Å². The van der Waals surface area contributed by atoms with Crippen LogP contribution in [0.25, 0.3) is 0 Å². The number of rotatable bonds is 5. The Balaban J connectivity index is 1.96. The maximum Gasteiger partial charge on any atom is 0.228 e. The number of benzene rings is 1. The summed E-state index contributed by atoms with van der Waals surface area (Å²) in [4.78, 5) is 11.5. The number of methoxy groups -OCH3 is 1. The number of nitrogens with one attached hydrogen (secondary N) is 1. The van der Waals surface area contributed by atoms with Crippen LogP contribution in [-0.2, 0) is 6.42 Å². The Morgan fingerprint density at radius 2 is 1.79 bits per heavy atom. The van der Waals surface area contributed by atoms with Crippen molar-refractivity contribution in [2.24, 2.45) is 0 Å². The Morgan fingerprint density at radius 3 is 2.47 bits per heavy atom. The van der Waals surface area contributed by atoms with Crippen LogP contribution < -0.4 is 10.1 Å². The molecule has 19 heavy (non-hydrogen) atoms. The molecule has 0 atom stereocenters. The molecule has 100 valence electrons. The van der Waals surface area contributed by atoms with Crippen molar-refractivity contribution in [3.05, 3.63) is 40.4 Å². The average Bonchev–Trinajstić information content (AvgIpc) is 2.38. The number of hydrogen-bond donors (Lipinski definition) is 1. The van der Waals surface area contributed by atoms with E-state index in [9.17, 15) is 0 Å². The zero-order valence-electron chi connectivity index (χ0n) is 10.2. The van der Waals surface area contributed by atoms with Crippen LogP contribution in [-0.4, -0.2) is 28.6 Å². The van der Waals surface area contributed by atoms with Gasteiger partial charge in [-0.15, -0.1) is 0 Å². The van der Waals surface area contributed by atoms with Crippen molar-refractivity contribution >= 4 is 29.2 Å². The molecule has 7 heteroatoms. The highest BCUT2D eigenvalue weighted by Crippen LogP contribution is 2.17. The standard InChI is InChI=1S/C12H12Cl2N4O/c1-19-9-5-3-2-4-8(9)6-7-15-12-17-10(13)16-11(14)18-12/h2-5H,6-7H2,1H3,(H,15,16,17,18). The monoisotopic (exact) mass is 298 g/mol. The molecule has 0 aliphatic heterocycles. The molecular weight excluding hydrogens is 287 g/mol. The predicted molar refractivity (Wildman–Crippen MR) is 75.0 cm³/mol. The number of para-hydroxylation sites is 1. The van der Waals surface area contributed by atoms with E-state index in [4.69, 9.17) is 27.9 Å². The van der Waals surface area contributed by atoms with E-state index in [0.29, 0.717) is 12.5 Å². The Labute approximate surface area is 121 Å². The molecule has 0 saturated carbocycles. The highest BCUT2D eigenvalue weighted by Gasteiger charge is 2.04. The minimum atomic E-state index is 0.0693. The van der Waals surface area contributed by atoms with E-state index < -0.39 is 0 Å². The van der Waals surface area contributed by atoms with E-state index in [2.05, 4.69) is 20.3 Å². The number of ether oxygens (including phenoxy) is 1. The molecule has 1 aromatic heterocycles. The Bertz CT molecular complexity index is 545. The van der Waals surface area contributed by atoms with Gasteiger partial charge in [-0.05, 0) is 41.3 Å². The predicted octanol–water partition coefficient (Wildman–Crippen LogP) is 2.84. The van der Waals surface area contributed by atoms with Crippen molar-refractivity contribution in [3.63, 3.8) is 0 Å². The van der Waals surface area contributed by atoms with Gasteiger partial charge in [0.2, 0.25) is 16.5 Å². The number of nitrogens with zero attached hydrogens (tertiary/aromatic N) is 3. The average molecular weight is 299 g/mol. The second kappa shape index (κ2) is 6.54. The van der Waals surface area contributed by atoms with E-state index in [-0.39, 0.29) is 10.6 Å². The van der Waals surface area contributed by atoms with Crippen molar-refractivity contribution < 1.29 is 4.74 Å². The summed E-state index contributed by atoms with van der Waals surface area (Å²) < 4.78 is 5.28. The lowest BCUT2D eigenvalue weighted by Gasteiger charge is -2.08. The summed E-state index contributed by atoms with van der Waals surface area (Å²) in [6, 6.07) is 7.83. The second-order valence-electron chi connectivity index (χ2n) is 3.69. The van der Waals surface area contributed by atoms with E-state index in [0.717, 1.165) is 17.7 Å². The fraction of sp³-hybridized carbons (Fsp3) is 0.250. The number of hydrogen-bond acceptors (Lipinski definition) is 5. The maximum absolute atomic E-state index is 5.69. The quantitative estimate of drug-likeness (QED) is 0.920. The fourth-order valence-corrected chi connectivity index (χ4v) is 1.99. The molecule has 0 aliphatic carbocycles. The summed E-state index contributed by atoms with van der Waals surface area (Å²) in [6.07, 6.45) is 0.769. The van der Waals surface area contributed by atoms with E-state index >= 15 is 0 Å². The van der Waals surface area contributed by atoms with Gasteiger partial charge in [-0.3, -0.25) is 0 Å². The summed E-state index contributed by atoms with van der Waals surface area (Å²) >= 11 is 11.4. The van der Waals surface area contributed by atoms with Gasteiger partial charge in [0.05, 0.1) is 7.11 Å². The molecule has 0 saturated heterocycles. The van der Waals surface area contributed by atoms with E-state index in [1.807, 2.05) is 24.3 Å². The molecule has 0 aliphatic rings. The summed E-state index contributed by atoms with van der Waals surface area (Å²) in [5, 5.41) is 3.18. The van der Waals surface area contributed by atoms with E-state index in [1.165, 1.54) is 0 Å². The molecule has 0 radical (unpaired) electrons. The van der Waals surface area contributed by atoms with Gasteiger partial charge in [-0.25, -0.2) is 0 Å². The third kappa shape index (κ3) is 3.94. The molecule has 0 bridgehead atoms. The second-order valence-corrected chi connectivity index (χ2v) is 4.36. The van der Waals surface area contributed by atoms with Gasteiger partial charge in [-0.1, -0.05) is 18.2 Å². The van der Waals surface area contributed by atoms with E-state index in [1.54, 1.807) is 7.11 Å². The van der Waals surface area contributed by atoms with Crippen molar-refractivity contribution in [2.45, 2.75) is 6.42 Å². The van der Waals surface area contributed by atoms with Crippen LogP contribution in [0.4, 0.5) is 5.95 Å². The third-order valence-electron chi connectivity index (χ3n) is 2.45. The topological polar surface area (TPSA) is 59.9 Å². The third-order valence-corrected chi connectivity index (χ3v) is 2.79. The first kappa shape index (κ1) is 13.8. The Hall–Kier alpha value is -1.59. The van der Waals surface area contributed by atoms with Crippen LogP contribution in [0.1, 0.15) is 5.56 Å². The number of halogens is 2. The van der Waals surface area contributed by atoms with Gasteiger partial charge in [0.1, 0.15) is 5.75 Å². The first-order valence-electron chi connectivity index (χ1n) is 5.62. The molecule has 5 nitrogen and oxygen atoms in total. The first-order chi connectivity index (χ1) is 9.19. The molecule has 0 amide bonds. The smallest absolute Gasteiger partial charge is 0.228 e. The maximum atomic E-state index is 5.69. The van der Waals surface area contributed by atoms with Crippen LogP contribution in [0, 0.1) is 0 Å². The molecule has 1 aromatic carbocycles. The molecule has 2 rings (SSSR count). The zero-order chi connectivity index (χ0) is 13.7. The molecule has 1 heterocycles. The molecular formula is C12H12Cl2N4O. The Morgan fingerprint density at radius 1 is 1.11 bits per heavy atom. The minimum Gasteiger partial charge on any atom is -0.496 e. The molecule has 0 unspecified atom stereocenters. The van der Waals surface area contributed by atoms with Crippen LogP contribution in [0.15, 0.2) is 24.3 Å². The molecule has 1 N–H and O–H groups in total. The van der Waals surface area contributed by atoms with Crippen molar-refractivity contribution in [1.29, 1.82) is 0 Å². The van der Waals surface area contributed by atoms with Gasteiger partial charge in [0.15, 0.2) is 0 Å². The first-order valence-corrected chi connectivity index (χ1v) is 6.37. The summed E-state index contributed by atoms with van der Waals surface area (Å²) in [5.74, 6) is 1.22. The van der Waals surface area contributed by atoms with Gasteiger partial charge in [0.25, 0.3) is 0 Å². The van der Waals surface area contributed by atoms with Crippen LogP contribution in [0.3, 0.4) is 0 Å². The van der Waals surface area contributed by atoms with Gasteiger partial charge >= 0.3 is 0 Å². The van der Waals surface area contributed by atoms with Crippen molar-refractivity contribution in [3.8, 4) is 5.75 Å². The van der Waals surface area contributed by atoms with Crippen molar-refractivity contribution in [2.75, 3.05) is 19.0 Å². The molecule has 0 fully saturated rings. The fourth-order valence-electron chi connectivity index (χ4n) is 1.62. The lowest BCUT2D eigenvalue weighted by molar-refractivity contribution is 0.410. The largest absolute Gasteiger partial charge is 0.496 e. The summed E-state index contributed by atoms with van der Waals surface area (Å²) in [6.45, 7) is 0.636. The highest BCUT2D eigenvalue weighted by atomic mass is 35.5. The van der Waals surface area contributed by atoms with Crippen LogP contribution in [0.5, 0.6) is 5.75 Å². The molecule has 0 spiro atoms. The van der Waals surface area contributed by atoms with Gasteiger partial charge < -0.3 is 10.1 Å². The van der Waals surface area contributed by atoms with Gasteiger partial charge in [0, 0.05) is 6.54 Å². The summed E-state index contributed by atoms with van der Waals surface area (Å²) in [7, 11) is 1.65. The Kier molecular flexibility index (Phi) is 4.76. The SMILES string of the molecule is COc1ccccc1CCNc1nc(Cl)nc(Cl)n1. The normalized spacial score (nSPS) is 10.3. The summed E-state index contributed by atoms with van der Waals surface area (Å²) in [5.41, 5.74) is 1.10. The number of aromatic nitrogens is 3. The number of anilines is 1. The minimum absolute atomic E-state index is 0.0693.